The van der Waals surface area contributed by atoms with E-state index in [4.69, 9.17) is 53.1 Å². The smallest absolute Gasteiger partial charge is 0.512 e. The van der Waals surface area contributed by atoms with Gasteiger partial charge in [0, 0.05) is 12.4 Å². The van der Waals surface area contributed by atoms with Gasteiger partial charge in [0.15, 0.2) is 0 Å². The molecule has 2 N–H and O–H groups in total. The minimum atomic E-state index is 0. The first-order chi connectivity index (χ1) is 11.8. The second-order valence-corrected chi connectivity index (χ2v) is 3.81. The van der Waals surface area contributed by atoms with Gasteiger partial charge in [0.25, 0.3) is 0 Å². The van der Waals surface area contributed by atoms with E-state index in [0.29, 0.717) is 6.54 Å². The van der Waals surface area contributed by atoms with Gasteiger partial charge >= 0.3 is 123 Å². The van der Waals surface area contributed by atoms with Crippen LogP contribution in [0.3, 0.4) is 0 Å². The molecule has 0 spiro atoms. The minimum Gasteiger partial charge on any atom is -0.512 e. The van der Waals surface area contributed by atoms with E-state index in [1.807, 2.05) is 37.5 Å². The van der Waals surface area contributed by atoms with Crippen LogP contribution in [0.15, 0.2) is 36.7 Å². The Balaban J connectivity index is -0.0000000895. The van der Waals surface area contributed by atoms with Gasteiger partial charge in [-0.3, -0.25) is 9.97 Å². The van der Waals surface area contributed by atoms with Gasteiger partial charge in [-0.15, -0.1) is 0 Å². The number of nitrogens with two attached hydrogens (primary N) is 1. The Morgan fingerprint density at radius 3 is 1.48 bits per heavy atom. The summed E-state index contributed by atoms with van der Waals surface area (Å²) in [5, 5.41) is 25.0. The van der Waals surface area contributed by atoms with Crippen molar-refractivity contribution in [1.82, 2.24) is 9.97 Å². The summed E-state index contributed by atoms with van der Waals surface area (Å²) in [6.07, 6.45) is 4.59. The van der Waals surface area contributed by atoms with Crippen LogP contribution >= 0.6 is 0 Å². The van der Waals surface area contributed by atoms with Gasteiger partial charge < -0.3 is 53.1 Å². The quantitative estimate of drug-likeness (QED) is 0.289. The molecule has 128 valence electrons. The molecule has 2 aromatic heterocycles. The topological polar surface area (TPSA) is 147 Å². The Kier molecular flexibility index (Phi) is 51.8. The summed E-state index contributed by atoms with van der Waals surface area (Å²) < 4.78 is 0. The molecule has 0 aliphatic heterocycles. The third-order valence-corrected chi connectivity index (χ3v) is 2.43. The van der Waals surface area contributed by atoms with Crippen LogP contribution in [0.25, 0.3) is 11.4 Å². The second-order valence-electron chi connectivity index (χ2n) is 3.81. The van der Waals surface area contributed by atoms with Crippen LogP contribution < -0.4 is 109 Å². The van der Waals surface area contributed by atoms with Gasteiger partial charge in [-0.05, 0) is 43.1 Å². The maximum atomic E-state index is 6.25. The molecule has 10 heteroatoms. The third kappa shape index (κ3) is 20.7. The van der Waals surface area contributed by atoms with Gasteiger partial charge in [-0.25, -0.2) is 0 Å². The zero-order valence-corrected chi connectivity index (χ0v) is 24.3. The minimum absolute atomic E-state index is 0. The number of aromatic nitrogens is 2. The van der Waals surface area contributed by atoms with Gasteiger partial charge in [-0.2, -0.15) is 0 Å². The third-order valence-electron chi connectivity index (χ3n) is 2.43. The zero-order chi connectivity index (χ0) is 19.4. The number of hydrogen-bond donors (Lipinski definition) is 1. The van der Waals surface area contributed by atoms with Crippen molar-refractivity contribution < 1.29 is 123 Å². The van der Waals surface area contributed by atoms with E-state index < -0.39 is 0 Å². The largest absolute Gasteiger partial charge is 2.00 e. The van der Waals surface area contributed by atoms with Crippen LogP contribution in [0, 0.1) is 54.3 Å². The van der Waals surface area contributed by atoms with Crippen molar-refractivity contribution in [3.05, 3.63) is 74.1 Å². The molecule has 0 aliphatic rings. The summed E-state index contributed by atoms with van der Waals surface area (Å²) in [7, 11) is 0. The summed E-state index contributed by atoms with van der Waals surface area (Å²) in [5.41, 5.74) is 9.62. The Labute approximate surface area is 259 Å². The number of rotatable bonds is 3. The van der Waals surface area contributed by atoms with Crippen molar-refractivity contribution in [3.63, 3.8) is 0 Å². The predicted octanol–water partition coefficient (Wildman–Crippen LogP) is -3.66. The van der Waals surface area contributed by atoms with E-state index in [1.165, 1.54) is 5.56 Å². The molecule has 0 radical (unpaired) electrons. The van der Waals surface area contributed by atoms with E-state index in [-0.39, 0.29) is 123 Å². The molecule has 0 saturated heterocycles. The Hall–Kier alpha value is 0.129. The standard InChI is InChI=1S/C13H15N3.4CN.2K.Os/c1-10-2-4-12(15-8-10)13-5-3-11(6-7-14)9-16-13;4*1-2;;;/h2-5,8-9H,6-7,14H2,1H3;;;;;;;/q;4*-1;2*+1;+2. The number of aryl methyl sites for hydroxylation is 1. The molecular weight excluding hydrogens is 571 g/mol. The van der Waals surface area contributed by atoms with Crippen molar-refractivity contribution in [1.29, 1.82) is 21.0 Å². The summed E-state index contributed by atoms with van der Waals surface area (Å²) >= 11 is 0. The molecule has 2 heterocycles. The van der Waals surface area contributed by atoms with Crippen molar-refractivity contribution in [2.45, 2.75) is 13.3 Å². The molecule has 0 aromatic carbocycles. The fourth-order valence-corrected chi connectivity index (χ4v) is 1.51. The first-order valence-electron chi connectivity index (χ1n) is 6.27. The number of hydrogen-bond acceptors (Lipinski definition) is 7. The van der Waals surface area contributed by atoms with Crippen LogP contribution in [-0.4, -0.2) is 16.5 Å². The Morgan fingerprint density at radius 1 is 0.778 bits per heavy atom. The van der Waals surface area contributed by atoms with E-state index in [2.05, 4.69) is 16.0 Å². The summed E-state index contributed by atoms with van der Waals surface area (Å²) in [5.74, 6) is 0. The Morgan fingerprint density at radius 2 is 1.19 bits per heavy atom. The second kappa shape index (κ2) is 33.7. The molecule has 2 rings (SSSR count). The number of nitrogens with zero attached hydrogens (tertiary/aromatic N) is 6. The molecule has 0 aliphatic carbocycles. The summed E-state index contributed by atoms with van der Waals surface area (Å²) in [6, 6.07) is 8.07. The molecule has 0 amide bonds. The van der Waals surface area contributed by atoms with E-state index in [0.717, 1.165) is 23.4 Å². The van der Waals surface area contributed by atoms with E-state index in [1.54, 1.807) is 0 Å². The monoisotopic (exact) mass is 587 g/mol. The molecule has 0 bridgehead atoms. The molecule has 2 aromatic rings. The van der Waals surface area contributed by atoms with Crippen LogP contribution in [0.5, 0.6) is 0 Å². The maximum Gasteiger partial charge on any atom is 2.00 e. The van der Waals surface area contributed by atoms with Gasteiger partial charge in [0.05, 0.1) is 11.4 Å². The zero-order valence-electron chi connectivity index (χ0n) is 15.5. The predicted molar refractivity (Wildman–Crippen MR) is 84.8 cm³/mol. The van der Waals surface area contributed by atoms with Crippen molar-refractivity contribution in [3.8, 4) is 11.4 Å². The summed E-state index contributed by atoms with van der Waals surface area (Å²) in [6.45, 7) is 21.7. The normalized spacial score (nSPS) is 6.44. The average molecular weight is 586 g/mol. The average Bonchev–Trinajstić information content (AvgIpc) is 2.70. The van der Waals surface area contributed by atoms with E-state index >= 15 is 0 Å². The van der Waals surface area contributed by atoms with Gasteiger partial charge in [-0.1, -0.05) is 12.1 Å². The maximum absolute atomic E-state index is 6.25. The summed E-state index contributed by atoms with van der Waals surface area (Å²) in [4.78, 5) is 8.72. The Bertz CT molecular complexity index is 600. The molecule has 0 unspecified atom stereocenters. The van der Waals surface area contributed by atoms with E-state index in [9.17, 15) is 0 Å². The van der Waals surface area contributed by atoms with Gasteiger partial charge in [0.2, 0.25) is 0 Å². The molecule has 7 nitrogen and oxygen atoms in total. The van der Waals surface area contributed by atoms with Gasteiger partial charge in [0.1, 0.15) is 0 Å². The fraction of sp³-hybridized carbons (Fsp3) is 0.176. The van der Waals surface area contributed by atoms with Crippen molar-refractivity contribution >= 4 is 0 Å². The number of pyridine rings is 2. The van der Waals surface area contributed by atoms with Crippen LogP contribution in [0.1, 0.15) is 11.1 Å². The first kappa shape index (κ1) is 41.5. The van der Waals surface area contributed by atoms with Crippen molar-refractivity contribution in [2.75, 3.05) is 6.54 Å². The first-order valence-corrected chi connectivity index (χ1v) is 6.27. The van der Waals surface area contributed by atoms with Crippen LogP contribution in [-0.2, 0) is 26.2 Å². The molecular formula is C17H15K2N7Os. The fourth-order valence-electron chi connectivity index (χ4n) is 1.51. The van der Waals surface area contributed by atoms with Crippen LogP contribution in [0.2, 0.25) is 0 Å². The SMILES string of the molecule is Cc1ccc(-c2ccc(CCN)cn2)nc1.[C-]#N.[C-]#N.[C-]#N.[C-]#N.[K+].[K+].[Os+2]. The molecule has 0 fully saturated rings. The van der Waals surface area contributed by atoms with Crippen molar-refractivity contribution in [2.24, 2.45) is 5.73 Å². The van der Waals surface area contributed by atoms with Crippen LogP contribution in [0.4, 0.5) is 0 Å². The molecule has 27 heavy (non-hydrogen) atoms. The molecule has 0 atom stereocenters. The molecule has 0 saturated carbocycles.